The van der Waals surface area contributed by atoms with Gasteiger partial charge in [-0.3, -0.25) is 10.1 Å². The highest BCUT2D eigenvalue weighted by molar-refractivity contribution is 6.10. The van der Waals surface area contributed by atoms with Crippen LogP contribution in [0.1, 0.15) is 31.1 Å². The van der Waals surface area contributed by atoms with Crippen molar-refractivity contribution in [2.24, 2.45) is 0 Å². The molecule has 6 nitrogen and oxygen atoms in total. The van der Waals surface area contributed by atoms with Crippen molar-refractivity contribution < 1.29 is 19.1 Å². The molecule has 0 atom stereocenters. The first kappa shape index (κ1) is 20.3. The predicted molar refractivity (Wildman–Crippen MR) is 108 cm³/mol. The van der Waals surface area contributed by atoms with E-state index in [-0.39, 0.29) is 5.78 Å². The third kappa shape index (κ3) is 5.74. The molecule has 2 aromatic carbocycles. The molecule has 0 aliphatic carbocycles. The number of hydrogen-bond donors (Lipinski definition) is 1. The molecule has 1 N–H and O–H groups in total. The summed E-state index contributed by atoms with van der Waals surface area (Å²) in [5.74, 6) is 0.495. The molecule has 6 heteroatoms. The monoisotopic (exact) mass is 370 g/mol. The molecule has 0 spiro atoms. The molecule has 0 bridgehead atoms. The van der Waals surface area contributed by atoms with Crippen molar-refractivity contribution in [3.8, 4) is 5.75 Å². The minimum absolute atomic E-state index is 0.159. The minimum Gasteiger partial charge on any atom is -0.497 e. The lowest BCUT2D eigenvalue weighted by atomic mass is 10.0. The van der Waals surface area contributed by atoms with Crippen molar-refractivity contribution in [2.75, 3.05) is 26.5 Å². The number of benzene rings is 2. The molecule has 0 heterocycles. The number of carbonyl (C=O) groups excluding carboxylic acids is 2. The summed E-state index contributed by atoms with van der Waals surface area (Å²) < 4.78 is 10.6. The van der Waals surface area contributed by atoms with Gasteiger partial charge in [0.1, 0.15) is 11.4 Å². The molecule has 1 amide bonds. The van der Waals surface area contributed by atoms with Crippen molar-refractivity contribution in [3.05, 3.63) is 48.2 Å². The second kappa shape index (κ2) is 8.12. The van der Waals surface area contributed by atoms with E-state index in [1.54, 1.807) is 51.1 Å². The van der Waals surface area contributed by atoms with Gasteiger partial charge in [0.15, 0.2) is 5.78 Å². The molecular formula is C21H26N2O4. The number of nitrogens with zero attached hydrogens (tertiary/aromatic N) is 1. The fourth-order valence-electron chi connectivity index (χ4n) is 2.44. The highest BCUT2D eigenvalue weighted by Gasteiger charge is 2.18. The summed E-state index contributed by atoms with van der Waals surface area (Å²) in [7, 11) is 5.25. The van der Waals surface area contributed by atoms with Gasteiger partial charge in [0.05, 0.1) is 12.8 Å². The SMILES string of the molecule is COc1ccc2cc(C(=O)C=CN(C)C)cc(NC(=O)OC(C)(C)C)c2c1. The highest BCUT2D eigenvalue weighted by Crippen LogP contribution is 2.30. The van der Waals surface area contributed by atoms with Gasteiger partial charge in [0, 0.05) is 37.3 Å². The van der Waals surface area contributed by atoms with Crippen LogP contribution in [0.5, 0.6) is 5.75 Å². The number of ether oxygens (including phenoxy) is 2. The minimum atomic E-state index is -0.626. The van der Waals surface area contributed by atoms with Gasteiger partial charge in [0.25, 0.3) is 0 Å². The average molecular weight is 370 g/mol. The van der Waals surface area contributed by atoms with E-state index in [0.717, 1.165) is 10.8 Å². The molecular weight excluding hydrogens is 344 g/mol. The van der Waals surface area contributed by atoms with Gasteiger partial charge in [-0.15, -0.1) is 0 Å². The van der Waals surface area contributed by atoms with Gasteiger partial charge in [-0.2, -0.15) is 0 Å². The van der Waals surface area contributed by atoms with Crippen LogP contribution in [0.3, 0.4) is 0 Å². The van der Waals surface area contributed by atoms with E-state index in [9.17, 15) is 9.59 Å². The second-order valence-corrected chi connectivity index (χ2v) is 7.38. The Balaban J connectivity index is 2.49. The number of methoxy groups -OCH3 is 1. The molecule has 0 unspecified atom stereocenters. The van der Waals surface area contributed by atoms with Crippen LogP contribution in [0.25, 0.3) is 10.8 Å². The first-order valence-corrected chi connectivity index (χ1v) is 8.60. The fourth-order valence-corrected chi connectivity index (χ4v) is 2.44. The summed E-state index contributed by atoms with van der Waals surface area (Å²) in [5, 5.41) is 4.32. The predicted octanol–water partition coefficient (Wildman–Crippen LogP) is 4.45. The summed E-state index contributed by atoms with van der Waals surface area (Å²) in [5.41, 5.74) is 0.332. The van der Waals surface area contributed by atoms with Crippen molar-refractivity contribution in [2.45, 2.75) is 26.4 Å². The van der Waals surface area contributed by atoms with Crippen LogP contribution >= 0.6 is 0 Å². The third-order valence-electron chi connectivity index (χ3n) is 3.61. The number of rotatable bonds is 5. The van der Waals surface area contributed by atoms with Crippen LogP contribution in [0, 0.1) is 0 Å². The summed E-state index contributed by atoms with van der Waals surface area (Å²) in [6.07, 6.45) is 2.59. The lowest BCUT2D eigenvalue weighted by Crippen LogP contribution is -2.27. The average Bonchev–Trinajstić information content (AvgIpc) is 2.57. The molecule has 0 radical (unpaired) electrons. The maximum absolute atomic E-state index is 12.5. The highest BCUT2D eigenvalue weighted by atomic mass is 16.6. The summed E-state index contributed by atoms with van der Waals surface area (Å²) in [6, 6.07) is 8.90. The van der Waals surface area contributed by atoms with E-state index in [2.05, 4.69) is 5.32 Å². The van der Waals surface area contributed by atoms with E-state index in [1.807, 2.05) is 32.3 Å². The molecule has 2 rings (SSSR count). The summed E-state index contributed by atoms with van der Waals surface area (Å²) in [4.78, 5) is 26.5. The Hall–Kier alpha value is -3.02. The smallest absolute Gasteiger partial charge is 0.412 e. The number of fused-ring (bicyclic) bond motifs is 1. The van der Waals surface area contributed by atoms with Crippen molar-refractivity contribution >= 4 is 28.3 Å². The Labute approximate surface area is 159 Å². The number of amides is 1. The quantitative estimate of drug-likeness (QED) is 0.622. The van der Waals surface area contributed by atoms with Gasteiger partial charge in [0.2, 0.25) is 0 Å². The fraction of sp³-hybridized carbons (Fsp3) is 0.333. The molecule has 0 aliphatic heterocycles. The lowest BCUT2D eigenvalue weighted by molar-refractivity contribution is 0.0636. The molecule has 27 heavy (non-hydrogen) atoms. The van der Waals surface area contributed by atoms with Crippen molar-refractivity contribution in [1.29, 1.82) is 0 Å². The number of carbonyl (C=O) groups is 2. The number of hydrogen-bond acceptors (Lipinski definition) is 5. The van der Waals surface area contributed by atoms with Gasteiger partial charge in [-0.05, 0) is 50.4 Å². The Bertz CT molecular complexity index is 880. The molecule has 0 aromatic heterocycles. The molecule has 144 valence electrons. The third-order valence-corrected chi connectivity index (χ3v) is 3.61. The number of anilines is 1. The lowest BCUT2D eigenvalue weighted by Gasteiger charge is -2.20. The molecule has 0 saturated heterocycles. The zero-order valence-electron chi connectivity index (χ0n) is 16.6. The topological polar surface area (TPSA) is 67.9 Å². The van der Waals surface area contributed by atoms with Crippen LogP contribution < -0.4 is 10.1 Å². The van der Waals surface area contributed by atoms with Crippen LogP contribution in [-0.4, -0.2) is 43.6 Å². The van der Waals surface area contributed by atoms with Crippen molar-refractivity contribution in [1.82, 2.24) is 4.90 Å². The van der Waals surface area contributed by atoms with Gasteiger partial charge in [-0.25, -0.2) is 4.79 Å². The number of nitrogens with one attached hydrogen (secondary N) is 1. The maximum atomic E-state index is 12.5. The number of allylic oxidation sites excluding steroid dienone is 1. The number of ketones is 1. The van der Waals surface area contributed by atoms with E-state index in [0.29, 0.717) is 17.0 Å². The zero-order valence-corrected chi connectivity index (χ0v) is 16.6. The first-order chi connectivity index (χ1) is 12.6. The Kier molecular flexibility index (Phi) is 6.10. The van der Waals surface area contributed by atoms with E-state index < -0.39 is 11.7 Å². The first-order valence-electron chi connectivity index (χ1n) is 8.60. The van der Waals surface area contributed by atoms with E-state index in [4.69, 9.17) is 9.47 Å². The molecule has 0 aliphatic rings. The zero-order chi connectivity index (χ0) is 20.2. The Morgan fingerprint density at radius 1 is 1.11 bits per heavy atom. The van der Waals surface area contributed by atoms with Crippen LogP contribution in [0.15, 0.2) is 42.6 Å². The summed E-state index contributed by atoms with van der Waals surface area (Å²) >= 11 is 0. The largest absolute Gasteiger partial charge is 0.497 e. The molecule has 2 aromatic rings. The van der Waals surface area contributed by atoms with Crippen LogP contribution in [0.4, 0.5) is 10.5 Å². The maximum Gasteiger partial charge on any atom is 0.412 e. The molecule has 0 fully saturated rings. The Morgan fingerprint density at radius 2 is 1.81 bits per heavy atom. The van der Waals surface area contributed by atoms with Crippen LogP contribution in [0.2, 0.25) is 0 Å². The second-order valence-electron chi connectivity index (χ2n) is 7.38. The summed E-state index contributed by atoms with van der Waals surface area (Å²) in [6.45, 7) is 5.37. The van der Waals surface area contributed by atoms with E-state index >= 15 is 0 Å². The normalized spacial score (nSPS) is 11.5. The van der Waals surface area contributed by atoms with Crippen LogP contribution in [-0.2, 0) is 4.74 Å². The van der Waals surface area contributed by atoms with Gasteiger partial charge < -0.3 is 14.4 Å². The Morgan fingerprint density at radius 3 is 2.41 bits per heavy atom. The molecule has 0 saturated carbocycles. The van der Waals surface area contributed by atoms with E-state index in [1.165, 1.54) is 6.08 Å². The van der Waals surface area contributed by atoms with Gasteiger partial charge in [-0.1, -0.05) is 6.07 Å². The van der Waals surface area contributed by atoms with Gasteiger partial charge >= 0.3 is 6.09 Å². The van der Waals surface area contributed by atoms with Crippen molar-refractivity contribution in [3.63, 3.8) is 0 Å². The standard InChI is InChI=1S/C21H26N2O4/c1-21(2,3)27-20(25)22-18-12-15(19(24)9-10-23(4)5)11-14-7-8-16(26-6)13-17(14)18/h7-13H,1-6H3,(H,22,25).